The first-order valence-corrected chi connectivity index (χ1v) is 29.9. The third-order valence-electron chi connectivity index (χ3n) is 13.9. The summed E-state index contributed by atoms with van der Waals surface area (Å²) in [6.07, 6.45) is 32.5. The topological polar surface area (TPSA) is 223 Å². The van der Waals surface area contributed by atoms with Crippen molar-refractivity contribution in [1.82, 2.24) is 9.13 Å². The SMILES string of the molecule is Cc1c(C(=O)C(N)=O)c2c(OCC(=O)O)cccc2n1CCCCCCCCCCCCSCCCCCCCCSCCCCCCCCCCCCn1c(C)c(C(=O)C(N)=O)c2c(OCC(=O)O)cccc21. The van der Waals surface area contributed by atoms with Crippen molar-refractivity contribution in [3.8, 4) is 11.5 Å². The fraction of sp³-hybridized carbons (Fsp3) is 0.621. The van der Waals surface area contributed by atoms with Gasteiger partial charge in [-0.15, -0.1) is 0 Å². The molecule has 410 valence electrons. The zero-order valence-electron chi connectivity index (χ0n) is 44.5. The number of benzene rings is 2. The molecule has 74 heavy (non-hydrogen) atoms. The quantitative estimate of drug-likeness (QED) is 0.0184. The number of carbonyl (C=O) groups excluding carboxylic acids is 4. The van der Waals surface area contributed by atoms with Crippen LogP contribution in [0.4, 0.5) is 0 Å². The number of aromatic nitrogens is 2. The van der Waals surface area contributed by atoms with Crippen LogP contribution in [0.15, 0.2) is 36.4 Å². The summed E-state index contributed by atoms with van der Waals surface area (Å²) in [5, 5.41) is 19.1. The lowest BCUT2D eigenvalue weighted by molar-refractivity contribution is -0.140. The maximum absolute atomic E-state index is 12.8. The van der Waals surface area contributed by atoms with E-state index in [4.69, 9.17) is 31.2 Å². The Morgan fingerprint density at radius 2 is 0.703 bits per heavy atom. The number of rotatable bonds is 45. The summed E-state index contributed by atoms with van der Waals surface area (Å²) in [7, 11) is 0. The summed E-state index contributed by atoms with van der Waals surface area (Å²) in [5.74, 6) is -0.267. The number of fused-ring (bicyclic) bond motifs is 2. The average Bonchev–Trinajstić information content (AvgIpc) is 3.83. The van der Waals surface area contributed by atoms with Gasteiger partial charge < -0.3 is 40.3 Å². The molecule has 14 nitrogen and oxygen atoms in total. The monoisotopic (exact) mass is 1060 g/mol. The van der Waals surface area contributed by atoms with Gasteiger partial charge in [0.25, 0.3) is 23.4 Å². The van der Waals surface area contributed by atoms with Crippen LogP contribution >= 0.6 is 23.5 Å². The highest BCUT2D eigenvalue weighted by molar-refractivity contribution is 7.99. The number of thioether (sulfide) groups is 2. The van der Waals surface area contributed by atoms with Crippen LogP contribution in [0.1, 0.15) is 199 Å². The van der Waals surface area contributed by atoms with Crippen molar-refractivity contribution >= 4 is 80.6 Å². The molecule has 0 fully saturated rings. The maximum atomic E-state index is 12.8. The highest BCUT2D eigenvalue weighted by Gasteiger charge is 2.27. The highest BCUT2D eigenvalue weighted by Crippen LogP contribution is 2.36. The third kappa shape index (κ3) is 21.0. The number of hydrogen-bond donors (Lipinski definition) is 4. The molecule has 2 amide bonds. The van der Waals surface area contributed by atoms with Gasteiger partial charge in [0.05, 0.1) is 32.9 Å². The van der Waals surface area contributed by atoms with Crippen LogP contribution in [0.25, 0.3) is 21.8 Å². The van der Waals surface area contributed by atoms with E-state index in [1.54, 1.807) is 38.1 Å². The van der Waals surface area contributed by atoms with Crippen LogP contribution in [0.5, 0.6) is 11.5 Å². The number of carboxylic acids is 2. The number of ketones is 2. The fourth-order valence-electron chi connectivity index (χ4n) is 9.98. The second-order valence-electron chi connectivity index (χ2n) is 19.7. The molecule has 16 heteroatoms. The second-order valence-corrected chi connectivity index (χ2v) is 22.1. The molecule has 2 aromatic heterocycles. The van der Waals surface area contributed by atoms with Gasteiger partial charge in [-0.2, -0.15) is 23.5 Å². The Kier molecular flexibility index (Phi) is 29.4. The summed E-state index contributed by atoms with van der Waals surface area (Å²) in [4.78, 5) is 71.5. The van der Waals surface area contributed by atoms with Crippen molar-refractivity contribution < 1.29 is 48.5 Å². The van der Waals surface area contributed by atoms with Crippen LogP contribution in [0.3, 0.4) is 0 Å². The van der Waals surface area contributed by atoms with Gasteiger partial charge in [0.1, 0.15) is 11.5 Å². The van der Waals surface area contributed by atoms with E-state index < -0.39 is 48.5 Å². The summed E-state index contributed by atoms with van der Waals surface area (Å²) >= 11 is 4.26. The zero-order chi connectivity index (χ0) is 53.5. The molecule has 4 aromatic rings. The minimum Gasteiger partial charge on any atom is -0.481 e. The van der Waals surface area contributed by atoms with Crippen molar-refractivity contribution in [1.29, 1.82) is 0 Å². The fourth-order valence-corrected chi connectivity index (χ4v) is 12.0. The van der Waals surface area contributed by atoms with Crippen molar-refractivity contribution in [2.24, 2.45) is 11.5 Å². The van der Waals surface area contributed by atoms with Crippen molar-refractivity contribution in [2.75, 3.05) is 36.2 Å². The van der Waals surface area contributed by atoms with Crippen LogP contribution in [0.2, 0.25) is 0 Å². The molecular weight excluding hydrogens is 977 g/mol. The van der Waals surface area contributed by atoms with Crippen LogP contribution in [-0.4, -0.2) is 90.9 Å². The molecular formula is C58H86N4O10S2. The first-order valence-electron chi connectivity index (χ1n) is 27.6. The largest absolute Gasteiger partial charge is 0.481 e. The smallest absolute Gasteiger partial charge is 0.341 e. The molecule has 0 radical (unpaired) electrons. The van der Waals surface area contributed by atoms with E-state index in [1.807, 2.05) is 21.3 Å². The standard InChI is InChI=1S/C58H86N4O10S2/c1-43-51(55(67)57(59)69)53-45(31-29-33-47(53)71-41-49(63)64)61(43)35-23-17-11-7-3-5-9-13-19-25-37-73-39-27-21-15-16-22-28-40-74-38-26-20-14-10-6-4-8-12-18-24-36-62-44(2)52(56(68)58(60)70)54-46(62)32-30-34-48(54)72-42-50(65)66/h29-34H,3-28,35-42H2,1-2H3,(H2,59,69)(H2,60,70)(H,63,64)(H,65,66). The maximum Gasteiger partial charge on any atom is 0.341 e. The minimum absolute atomic E-state index is 0.188. The number of nitrogens with zero attached hydrogens (tertiary/aromatic N) is 2. The summed E-state index contributed by atoms with van der Waals surface area (Å²) < 4.78 is 15.0. The normalized spacial score (nSPS) is 11.4. The van der Waals surface area contributed by atoms with E-state index in [2.05, 4.69) is 23.5 Å². The molecule has 0 unspecified atom stereocenters. The van der Waals surface area contributed by atoms with Crippen molar-refractivity contribution in [3.05, 3.63) is 58.9 Å². The van der Waals surface area contributed by atoms with Gasteiger partial charge >= 0.3 is 11.9 Å². The third-order valence-corrected chi connectivity index (χ3v) is 16.2. The van der Waals surface area contributed by atoms with Gasteiger partial charge in [-0.05, 0) is 99.6 Å². The Balaban J connectivity index is 0.875. The van der Waals surface area contributed by atoms with E-state index in [-0.39, 0.29) is 22.6 Å². The number of unbranched alkanes of at least 4 members (excludes halogenated alkanes) is 23. The molecule has 0 aliphatic heterocycles. The molecule has 0 saturated carbocycles. The lowest BCUT2D eigenvalue weighted by Gasteiger charge is -2.09. The molecule has 0 bridgehead atoms. The molecule has 2 heterocycles. The summed E-state index contributed by atoms with van der Waals surface area (Å²) in [5.41, 5.74) is 13.9. The number of aryl methyl sites for hydroxylation is 2. The number of amides is 2. The van der Waals surface area contributed by atoms with E-state index in [9.17, 15) is 28.8 Å². The number of primary amides is 2. The Hall–Kier alpha value is -4.96. The van der Waals surface area contributed by atoms with Gasteiger partial charge in [-0.1, -0.05) is 141 Å². The van der Waals surface area contributed by atoms with Crippen molar-refractivity contribution in [3.63, 3.8) is 0 Å². The van der Waals surface area contributed by atoms with Gasteiger partial charge in [0.2, 0.25) is 0 Å². The number of ether oxygens (including phenoxy) is 2. The number of Topliss-reactive ketones (excluding diaryl/α,β-unsaturated/α-hetero) is 2. The Morgan fingerprint density at radius 1 is 0.432 bits per heavy atom. The van der Waals surface area contributed by atoms with E-state index in [1.165, 1.54) is 151 Å². The summed E-state index contributed by atoms with van der Waals surface area (Å²) in [6.45, 7) is 3.86. The zero-order valence-corrected chi connectivity index (χ0v) is 46.2. The molecule has 4 rings (SSSR count). The Bertz CT molecular complexity index is 2230. The predicted octanol–water partition coefficient (Wildman–Crippen LogP) is 12.8. The Morgan fingerprint density at radius 3 is 0.973 bits per heavy atom. The molecule has 0 atom stereocenters. The van der Waals surface area contributed by atoms with Gasteiger partial charge in [-0.3, -0.25) is 19.2 Å². The number of aliphatic carboxylic acids is 2. The number of carboxylic acid groups (broad SMARTS) is 2. The van der Waals surface area contributed by atoms with Crippen LogP contribution in [0, 0.1) is 13.8 Å². The molecule has 0 spiro atoms. The van der Waals surface area contributed by atoms with Gasteiger partial charge in [-0.25, -0.2) is 9.59 Å². The second kappa shape index (κ2) is 35.3. The molecule has 0 aliphatic carbocycles. The molecule has 0 aliphatic rings. The van der Waals surface area contributed by atoms with E-state index in [0.29, 0.717) is 35.2 Å². The van der Waals surface area contributed by atoms with Crippen LogP contribution < -0.4 is 20.9 Å². The minimum atomic E-state index is -1.13. The molecule has 0 saturated heterocycles. The van der Waals surface area contributed by atoms with Crippen LogP contribution in [-0.2, 0) is 32.3 Å². The first-order chi connectivity index (χ1) is 35.8. The number of carbonyl (C=O) groups is 6. The average molecular weight is 1060 g/mol. The highest BCUT2D eigenvalue weighted by atomic mass is 32.2. The van der Waals surface area contributed by atoms with Gasteiger partial charge in [0, 0.05) is 24.5 Å². The predicted molar refractivity (Wildman–Crippen MR) is 301 cm³/mol. The molecule has 2 aromatic carbocycles. The lowest BCUT2D eigenvalue weighted by Crippen LogP contribution is -2.24. The van der Waals surface area contributed by atoms with Gasteiger partial charge in [0.15, 0.2) is 13.2 Å². The molecule has 6 N–H and O–H groups in total. The van der Waals surface area contributed by atoms with Crippen molar-refractivity contribution in [2.45, 2.75) is 194 Å². The van der Waals surface area contributed by atoms with E-state index in [0.717, 1.165) is 49.6 Å². The number of hydrogen-bond acceptors (Lipinski definition) is 10. The summed E-state index contributed by atoms with van der Waals surface area (Å²) in [6, 6.07) is 10.5. The lowest BCUT2D eigenvalue weighted by atomic mass is 10.1. The first kappa shape index (κ1) is 61.6. The van der Waals surface area contributed by atoms with E-state index >= 15 is 0 Å². The Labute approximate surface area is 448 Å². The number of nitrogens with two attached hydrogens (primary N) is 2.